The maximum absolute atomic E-state index is 14.8. The van der Waals surface area contributed by atoms with Crippen LogP contribution in [-0.4, -0.2) is 97.4 Å². The van der Waals surface area contributed by atoms with Crippen LogP contribution in [-0.2, 0) is 0 Å². The quantitative estimate of drug-likeness (QED) is 0.185. The zero-order valence-corrected chi connectivity index (χ0v) is 26.1. The zero-order valence-electron chi connectivity index (χ0n) is 26.1. The van der Waals surface area contributed by atoms with Crippen LogP contribution in [0, 0.1) is 5.82 Å². The molecule has 0 saturated carbocycles. The molecule has 0 bridgehead atoms. The van der Waals surface area contributed by atoms with Crippen LogP contribution < -0.4 is 9.47 Å². The van der Waals surface area contributed by atoms with Gasteiger partial charge in [-0.1, -0.05) is 0 Å². The van der Waals surface area contributed by atoms with Gasteiger partial charge in [0.1, 0.15) is 36.2 Å². The maximum Gasteiger partial charge on any atom is 0.178 e. The minimum Gasteiger partial charge on any atom is -0.492 e. The van der Waals surface area contributed by atoms with E-state index >= 15 is 0 Å². The molecule has 0 aliphatic carbocycles. The predicted molar refractivity (Wildman–Crippen MR) is 178 cm³/mol. The molecule has 2 aliphatic rings. The SMILES string of the molecule is Fc1cc(OCCN2CCCC2)cc(-c2ccnc3nc(-c4n[nH]c5cnc(-c6cncc(OCCN7CCCC7)c6)cc45)[nH]c23)c1. The lowest BCUT2D eigenvalue weighted by Gasteiger charge is -2.15. The Bertz CT molecular complexity index is 2010. The van der Waals surface area contributed by atoms with Crippen LogP contribution in [0.5, 0.6) is 11.5 Å². The van der Waals surface area contributed by atoms with Crippen LogP contribution in [0.4, 0.5) is 4.39 Å². The van der Waals surface area contributed by atoms with Gasteiger partial charge in [0.15, 0.2) is 11.5 Å². The third-order valence-corrected chi connectivity index (χ3v) is 9.00. The number of aromatic nitrogens is 7. The van der Waals surface area contributed by atoms with E-state index in [-0.39, 0.29) is 5.82 Å². The number of imidazole rings is 1. The normalized spacial score (nSPS) is 15.7. The molecular weight excluding hydrogens is 597 g/mol. The Hall–Kier alpha value is -4.94. The number of aromatic amines is 2. The summed E-state index contributed by atoms with van der Waals surface area (Å²) in [6.07, 6.45) is 11.9. The highest BCUT2D eigenvalue weighted by atomic mass is 19.1. The summed E-state index contributed by atoms with van der Waals surface area (Å²) in [7, 11) is 0. The molecule has 2 aliphatic heterocycles. The molecule has 8 rings (SSSR count). The van der Waals surface area contributed by atoms with E-state index in [4.69, 9.17) is 14.5 Å². The van der Waals surface area contributed by atoms with Gasteiger partial charge in [-0.2, -0.15) is 5.10 Å². The standard InChI is InChI=1S/C35H36FN9O2/c36-25-15-23(16-26(18-25)46-13-11-44-7-1-2-8-44)28-5-6-38-34-32(28)40-35(41-34)33-29-19-30(39-22-31(29)42-43-33)24-17-27(21-37-20-24)47-14-12-45-9-3-4-10-45/h5-6,15-22H,1-4,7-14H2,(H,42,43)(H,38,40,41). The number of nitrogens with zero attached hydrogens (tertiary/aromatic N) is 7. The minimum absolute atomic E-state index is 0.364. The van der Waals surface area contributed by atoms with Gasteiger partial charge in [0.25, 0.3) is 0 Å². The first kappa shape index (κ1) is 29.5. The summed E-state index contributed by atoms with van der Waals surface area (Å²) in [6, 6.07) is 10.6. The summed E-state index contributed by atoms with van der Waals surface area (Å²) in [5.41, 5.74) is 5.62. The van der Waals surface area contributed by atoms with E-state index in [0.29, 0.717) is 53.0 Å². The summed E-state index contributed by atoms with van der Waals surface area (Å²) < 4.78 is 26.8. The van der Waals surface area contributed by atoms with Gasteiger partial charge >= 0.3 is 0 Å². The summed E-state index contributed by atoms with van der Waals surface area (Å²) in [5.74, 6) is 1.39. The smallest absolute Gasteiger partial charge is 0.178 e. The topological polar surface area (TPSA) is 121 Å². The van der Waals surface area contributed by atoms with Gasteiger partial charge in [0.05, 0.1) is 29.1 Å². The van der Waals surface area contributed by atoms with Crippen LogP contribution in [0.25, 0.3) is 56.0 Å². The number of hydrogen-bond donors (Lipinski definition) is 2. The van der Waals surface area contributed by atoms with Gasteiger partial charge in [-0.3, -0.25) is 24.9 Å². The van der Waals surface area contributed by atoms with E-state index in [1.54, 1.807) is 24.8 Å². The Labute approximate surface area is 271 Å². The van der Waals surface area contributed by atoms with Crippen molar-refractivity contribution >= 4 is 22.1 Å². The molecule has 0 spiro atoms. The first-order chi connectivity index (χ1) is 23.2. The van der Waals surface area contributed by atoms with E-state index in [1.165, 1.54) is 37.8 Å². The van der Waals surface area contributed by atoms with Gasteiger partial charge in [0.2, 0.25) is 0 Å². The minimum atomic E-state index is -0.364. The number of H-pyrrole nitrogens is 2. The lowest BCUT2D eigenvalue weighted by atomic mass is 10.1. The Kier molecular flexibility index (Phi) is 8.18. The Balaban J connectivity index is 1.05. The van der Waals surface area contributed by atoms with E-state index in [0.717, 1.165) is 67.0 Å². The molecule has 0 unspecified atom stereocenters. The molecule has 7 heterocycles. The highest BCUT2D eigenvalue weighted by Crippen LogP contribution is 2.34. The first-order valence-corrected chi connectivity index (χ1v) is 16.3. The highest BCUT2D eigenvalue weighted by molar-refractivity contribution is 5.96. The van der Waals surface area contributed by atoms with Crippen molar-refractivity contribution in [1.29, 1.82) is 0 Å². The number of benzene rings is 1. The largest absolute Gasteiger partial charge is 0.492 e. The van der Waals surface area contributed by atoms with Crippen molar-refractivity contribution in [2.24, 2.45) is 0 Å². The number of rotatable bonds is 11. The lowest BCUT2D eigenvalue weighted by molar-refractivity contribution is 0.237. The van der Waals surface area contributed by atoms with Crippen molar-refractivity contribution in [3.63, 3.8) is 0 Å². The van der Waals surface area contributed by atoms with E-state index in [9.17, 15) is 4.39 Å². The molecule has 5 aromatic heterocycles. The molecule has 12 heteroatoms. The highest BCUT2D eigenvalue weighted by Gasteiger charge is 2.18. The lowest BCUT2D eigenvalue weighted by Crippen LogP contribution is -2.25. The van der Waals surface area contributed by atoms with E-state index in [1.807, 2.05) is 24.3 Å². The molecule has 240 valence electrons. The monoisotopic (exact) mass is 633 g/mol. The molecule has 2 fully saturated rings. The molecule has 0 amide bonds. The van der Waals surface area contributed by atoms with E-state index < -0.39 is 0 Å². The third-order valence-electron chi connectivity index (χ3n) is 9.00. The first-order valence-electron chi connectivity index (χ1n) is 16.3. The van der Waals surface area contributed by atoms with Crippen LogP contribution in [0.2, 0.25) is 0 Å². The zero-order chi connectivity index (χ0) is 31.6. The van der Waals surface area contributed by atoms with Crippen LogP contribution in [0.3, 0.4) is 0 Å². The van der Waals surface area contributed by atoms with Crippen LogP contribution >= 0.6 is 0 Å². The van der Waals surface area contributed by atoms with Crippen molar-refractivity contribution in [2.75, 3.05) is 52.5 Å². The second kappa shape index (κ2) is 13.0. The molecule has 2 N–H and O–H groups in total. The number of halogens is 1. The predicted octanol–water partition coefficient (Wildman–Crippen LogP) is 5.71. The molecule has 2 saturated heterocycles. The number of likely N-dealkylation sites (tertiary alicyclic amines) is 2. The van der Waals surface area contributed by atoms with Crippen molar-refractivity contribution in [3.05, 3.63) is 67.0 Å². The Morgan fingerprint density at radius 2 is 1.53 bits per heavy atom. The number of ether oxygens (including phenoxy) is 2. The number of nitrogens with one attached hydrogen (secondary N) is 2. The maximum atomic E-state index is 14.8. The molecular formula is C35H36FN9O2. The van der Waals surface area contributed by atoms with Gasteiger partial charge in [-0.15, -0.1) is 0 Å². The second-order valence-corrected chi connectivity index (χ2v) is 12.2. The van der Waals surface area contributed by atoms with Crippen LogP contribution in [0.15, 0.2) is 61.2 Å². The summed E-state index contributed by atoms with van der Waals surface area (Å²) in [4.78, 5) is 26.5. The number of pyridine rings is 3. The molecule has 11 nitrogen and oxygen atoms in total. The fourth-order valence-electron chi connectivity index (χ4n) is 6.56. The number of fused-ring (bicyclic) bond motifs is 2. The van der Waals surface area contributed by atoms with Crippen molar-refractivity contribution in [2.45, 2.75) is 25.7 Å². The second-order valence-electron chi connectivity index (χ2n) is 12.2. The molecule has 0 atom stereocenters. The molecule has 47 heavy (non-hydrogen) atoms. The molecule has 1 aromatic carbocycles. The van der Waals surface area contributed by atoms with Crippen molar-refractivity contribution in [1.82, 2.24) is 44.9 Å². The van der Waals surface area contributed by atoms with Gasteiger partial charge < -0.3 is 14.5 Å². The van der Waals surface area contributed by atoms with E-state index in [2.05, 4.69) is 39.9 Å². The molecule has 6 aromatic rings. The van der Waals surface area contributed by atoms with Gasteiger partial charge in [-0.05, 0) is 87.8 Å². The average molecular weight is 634 g/mol. The fraction of sp³-hybridized carbons (Fsp3) is 0.343. The van der Waals surface area contributed by atoms with Crippen molar-refractivity contribution in [3.8, 4) is 45.4 Å². The Morgan fingerprint density at radius 3 is 2.32 bits per heavy atom. The van der Waals surface area contributed by atoms with Crippen LogP contribution in [0.1, 0.15) is 25.7 Å². The summed E-state index contributed by atoms with van der Waals surface area (Å²) in [5, 5.41) is 8.49. The Morgan fingerprint density at radius 1 is 0.787 bits per heavy atom. The van der Waals surface area contributed by atoms with Gasteiger partial charge in [-0.25, -0.2) is 14.4 Å². The third kappa shape index (κ3) is 6.38. The number of hydrogen-bond acceptors (Lipinski definition) is 9. The average Bonchev–Trinajstić information content (AvgIpc) is 3.91. The summed E-state index contributed by atoms with van der Waals surface area (Å²) >= 11 is 0. The fourth-order valence-corrected chi connectivity index (χ4v) is 6.56. The molecule has 0 radical (unpaired) electrons. The van der Waals surface area contributed by atoms with Gasteiger partial charge in [0, 0.05) is 48.1 Å². The summed E-state index contributed by atoms with van der Waals surface area (Å²) in [6.45, 7) is 7.34. The van der Waals surface area contributed by atoms with Crippen molar-refractivity contribution < 1.29 is 13.9 Å².